The molecule has 0 aromatic heterocycles. The molecule has 0 radical (unpaired) electrons. The zero-order valence-corrected chi connectivity index (χ0v) is 13.6. The Morgan fingerprint density at radius 1 is 0.688 bits per heavy atom. The van der Waals surface area contributed by atoms with Gasteiger partial charge in [-0.2, -0.15) is 0 Å². The Morgan fingerprint density at radius 2 is 1.00 bits per heavy atom. The van der Waals surface area contributed by atoms with E-state index in [-0.39, 0.29) is 0 Å². The van der Waals surface area contributed by atoms with Gasteiger partial charge in [-0.25, -0.2) is 0 Å². The van der Waals surface area contributed by atoms with Crippen molar-refractivity contribution in [1.82, 2.24) is 5.32 Å². The van der Waals surface area contributed by atoms with Gasteiger partial charge < -0.3 is 5.32 Å². The third kappa shape index (κ3) is 6.84. The van der Waals surface area contributed by atoms with Gasteiger partial charge in [-0.3, -0.25) is 0 Å². The van der Waals surface area contributed by atoms with Crippen molar-refractivity contribution < 1.29 is 16.5 Å². The standard InChI is InChI=1S/C12H23N.2ClH.Pt/c1-3-7-11(8-4-1)13-12-9-5-2-6-10-12;;;/h11-13H,1-10H2;2*1H;/q;;;+2/p-2. The molecule has 1 N–H and O–H groups in total. The first-order chi connectivity index (χ1) is 7.86. The molecule has 0 spiro atoms. The van der Waals surface area contributed by atoms with Crippen LogP contribution in [0.3, 0.4) is 0 Å². The van der Waals surface area contributed by atoms with Crippen LogP contribution in [0.5, 0.6) is 0 Å². The average molecular weight is 447 g/mol. The Bertz CT molecular complexity index is 141. The Hall–Kier alpha value is 1.23. The summed E-state index contributed by atoms with van der Waals surface area (Å²) >= 11 is -0.472. The zero-order valence-electron chi connectivity index (χ0n) is 9.80. The van der Waals surface area contributed by atoms with E-state index in [4.69, 9.17) is 18.8 Å². The van der Waals surface area contributed by atoms with Crippen LogP contribution in [0.15, 0.2) is 0 Å². The third-order valence-electron chi connectivity index (χ3n) is 3.68. The van der Waals surface area contributed by atoms with E-state index in [0.717, 1.165) is 12.1 Å². The summed E-state index contributed by atoms with van der Waals surface area (Å²) in [6.45, 7) is 0. The summed E-state index contributed by atoms with van der Waals surface area (Å²) in [6, 6.07) is 1.74. The van der Waals surface area contributed by atoms with Crippen molar-refractivity contribution in [2.24, 2.45) is 0 Å². The maximum absolute atomic E-state index is 4.88. The Labute approximate surface area is 116 Å². The summed E-state index contributed by atoms with van der Waals surface area (Å²) in [6.07, 6.45) is 14.6. The van der Waals surface area contributed by atoms with Gasteiger partial charge in [0.15, 0.2) is 0 Å². The van der Waals surface area contributed by atoms with Crippen LogP contribution in [0.1, 0.15) is 64.2 Å². The Kier molecular flexibility index (Phi) is 9.72. The molecule has 0 saturated heterocycles. The van der Waals surface area contributed by atoms with E-state index < -0.39 is 16.5 Å². The molecule has 0 aliphatic heterocycles. The van der Waals surface area contributed by atoms with Gasteiger partial charge in [0.1, 0.15) is 0 Å². The van der Waals surface area contributed by atoms with Gasteiger partial charge in [0.05, 0.1) is 0 Å². The molecule has 0 unspecified atom stereocenters. The van der Waals surface area contributed by atoms with Crippen molar-refractivity contribution in [3.05, 3.63) is 0 Å². The Morgan fingerprint density at radius 3 is 1.31 bits per heavy atom. The molecule has 2 aliphatic rings. The first-order valence-electron chi connectivity index (χ1n) is 6.45. The molecule has 0 heterocycles. The maximum atomic E-state index is 4.88. The molecule has 100 valence electrons. The molecule has 4 heteroatoms. The molecular weight excluding hydrogens is 424 g/mol. The van der Waals surface area contributed by atoms with E-state index in [9.17, 15) is 0 Å². The second-order valence-corrected chi connectivity index (χ2v) is 8.16. The quantitative estimate of drug-likeness (QED) is 0.652. The fourth-order valence-corrected chi connectivity index (χ4v) is 2.87. The minimum atomic E-state index is -0.472. The summed E-state index contributed by atoms with van der Waals surface area (Å²) in [4.78, 5) is 0. The van der Waals surface area contributed by atoms with E-state index in [2.05, 4.69) is 5.32 Å². The fourth-order valence-electron chi connectivity index (χ4n) is 2.87. The number of hydrogen-bond donors (Lipinski definition) is 1. The molecule has 2 rings (SSSR count). The van der Waals surface area contributed by atoms with E-state index in [0.29, 0.717) is 0 Å². The van der Waals surface area contributed by atoms with Crippen LogP contribution in [-0.2, 0) is 16.5 Å². The van der Waals surface area contributed by atoms with Crippen LogP contribution >= 0.6 is 18.8 Å². The van der Waals surface area contributed by atoms with Crippen LogP contribution in [0.4, 0.5) is 0 Å². The summed E-state index contributed by atoms with van der Waals surface area (Å²) in [5.74, 6) is 0. The normalized spacial score (nSPS) is 23.9. The Balaban J connectivity index is 0.000000386. The van der Waals surface area contributed by atoms with Crippen molar-refractivity contribution >= 4 is 18.8 Å². The summed E-state index contributed by atoms with van der Waals surface area (Å²) in [5.41, 5.74) is 0. The van der Waals surface area contributed by atoms with E-state index in [1.807, 2.05) is 0 Å². The topological polar surface area (TPSA) is 12.0 Å². The van der Waals surface area contributed by atoms with Crippen molar-refractivity contribution in [3.8, 4) is 0 Å². The van der Waals surface area contributed by atoms with Crippen LogP contribution in [-0.4, -0.2) is 12.1 Å². The van der Waals surface area contributed by atoms with Gasteiger partial charge in [0.2, 0.25) is 0 Å². The average Bonchev–Trinajstić information content (AvgIpc) is 2.33. The first kappa shape index (κ1) is 15.3. The molecule has 16 heavy (non-hydrogen) atoms. The fraction of sp³-hybridized carbons (Fsp3) is 1.00. The molecular formula is C12H23Cl2NPt. The summed E-state index contributed by atoms with van der Waals surface area (Å²) < 4.78 is 0. The minimum absolute atomic E-state index is 0.472. The van der Waals surface area contributed by atoms with Gasteiger partial charge in [0, 0.05) is 12.1 Å². The van der Waals surface area contributed by atoms with Crippen molar-refractivity contribution in [3.63, 3.8) is 0 Å². The van der Waals surface area contributed by atoms with Gasteiger partial charge in [-0.15, -0.1) is 0 Å². The number of halogens is 2. The van der Waals surface area contributed by atoms with Gasteiger partial charge in [0.25, 0.3) is 0 Å². The van der Waals surface area contributed by atoms with Crippen molar-refractivity contribution in [2.75, 3.05) is 0 Å². The monoisotopic (exact) mass is 446 g/mol. The summed E-state index contributed by atoms with van der Waals surface area (Å²) in [7, 11) is 9.75. The molecule has 0 aromatic rings. The number of rotatable bonds is 2. The summed E-state index contributed by atoms with van der Waals surface area (Å²) in [5, 5.41) is 3.86. The SMILES string of the molecule is C1CCC(NC2CCCCC2)CC1.[Cl][Pt][Cl]. The van der Waals surface area contributed by atoms with Crippen LogP contribution in [0.2, 0.25) is 0 Å². The molecule has 2 fully saturated rings. The van der Waals surface area contributed by atoms with Crippen molar-refractivity contribution in [2.45, 2.75) is 76.3 Å². The van der Waals surface area contributed by atoms with Gasteiger partial charge in [-0.05, 0) is 25.7 Å². The molecule has 2 aliphatic carbocycles. The molecule has 0 bridgehead atoms. The van der Waals surface area contributed by atoms with Crippen LogP contribution in [0.25, 0.3) is 0 Å². The second-order valence-electron chi connectivity index (χ2n) is 4.88. The van der Waals surface area contributed by atoms with E-state index in [1.165, 1.54) is 64.2 Å². The predicted molar refractivity (Wildman–Crippen MR) is 68.6 cm³/mol. The molecule has 0 atom stereocenters. The van der Waals surface area contributed by atoms with Crippen LogP contribution in [0, 0.1) is 0 Å². The third-order valence-corrected chi connectivity index (χ3v) is 3.68. The van der Waals surface area contributed by atoms with Gasteiger partial charge in [-0.1, -0.05) is 38.5 Å². The van der Waals surface area contributed by atoms with Crippen molar-refractivity contribution in [1.29, 1.82) is 0 Å². The van der Waals surface area contributed by atoms with E-state index >= 15 is 0 Å². The van der Waals surface area contributed by atoms with Gasteiger partial charge >= 0.3 is 35.3 Å². The molecule has 0 aromatic carbocycles. The number of nitrogens with one attached hydrogen (secondary N) is 1. The molecule has 1 nitrogen and oxygen atoms in total. The zero-order chi connectivity index (χ0) is 11.6. The van der Waals surface area contributed by atoms with E-state index in [1.54, 1.807) is 0 Å². The number of hydrogen-bond acceptors (Lipinski definition) is 1. The molecule has 2 saturated carbocycles. The predicted octanol–water partition coefficient (Wildman–Crippen LogP) is 4.62. The van der Waals surface area contributed by atoms with Crippen LogP contribution < -0.4 is 5.32 Å². The molecule has 0 amide bonds. The second kappa shape index (κ2) is 10.2. The first-order valence-corrected chi connectivity index (χ1v) is 12.1.